The number of carbonyl (C=O) groups is 1. The lowest BCUT2D eigenvalue weighted by Crippen LogP contribution is -2.39. The highest BCUT2D eigenvalue weighted by atomic mass is 16.7. The van der Waals surface area contributed by atoms with Crippen LogP contribution in [0, 0.1) is 11.3 Å². The highest BCUT2D eigenvalue weighted by Gasteiger charge is 2.55. The number of nitrogens with two attached hydrogens (primary N) is 1. The molecule has 0 spiro atoms. The van der Waals surface area contributed by atoms with Crippen LogP contribution in [0.5, 0.6) is 0 Å². The Labute approximate surface area is 129 Å². The first-order valence-electron chi connectivity index (χ1n) is 6.70. The number of aliphatic hydroxyl groups is 1. The fraction of sp³-hybridized carbons (Fsp3) is 0.385. The summed E-state index contributed by atoms with van der Waals surface area (Å²) in [5.74, 6) is 0.201. The summed E-state index contributed by atoms with van der Waals surface area (Å²) in [5.41, 5.74) is 4.73. The normalized spacial score (nSPS) is 27.0. The summed E-state index contributed by atoms with van der Waals surface area (Å²) in [6.45, 7) is -0.372. The van der Waals surface area contributed by atoms with E-state index in [2.05, 4.69) is 10.1 Å². The molecule has 1 fully saturated rings. The number of anilines is 1. The summed E-state index contributed by atoms with van der Waals surface area (Å²) in [4.78, 5) is 14.8. The number of rotatable bonds is 3. The van der Waals surface area contributed by atoms with Crippen LogP contribution in [0.25, 0.3) is 5.52 Å². The highest BCUT2D eigenvalue weighted by molar-refractivity contribution is 5.66. The maximum absolute atomic E-state index is 10.9. The van der Waals surface area contributed by atoms with Crippen LogP contribution < -0.4 is 5.73 Å². The van der Waals surface area contributed by atoms with E-state index in [0.29, 0.717) is 5.52 Å². The second-order valence-electron chi connectivity index (χ2n) is 5.04. The highest BCUT2D eigenvalue weighted by Crippen LogP contribution is 2.41. The molecule has 1 aliphatic heterocycles. The average molecular weight is 319 g/mol. The van der Waals surface area contributed by atoms with Gasteiger partial charge in [0.15, 0.2) is 11.9 Å². The summed E-state index contributed by atoms with van der Waals surface area (Å²) >= 11 is 0. The molecule has 1 saturated heterocycles. The monoisotopic (exact) mass is 319 g/mol. The molecular formula is C13H13N5O5. The molecule has 10 nitrogen and oxygen atoms in total. The number of carboxylic acid groups (broad SMARTS) is 1. The molecule has 2 aromatic rings. The SMILES string of the molecule is N#C[C@@]1(c2ccc3c(N)ncnn23)O[C@H](CO)C[C@H]1OC(=O)O. The largest absolute Gasteiger partial charge is 0.506 e. The van der Waals surface area contributed by atoms with Crippen LogP contribution in [0.1, 0.15) is 12.1 Å². The first-order valence-corrected chi connectivity index (χ1v) is 6.70. The van der Waals surface area contributed by atoms with E-state index in [4.69, 9.17) is 20.3 Å². The van der Waals surface area contributed by atoms with Crippen molar-refractivity contribution in [3.05, 3.63) is 24.2 Å². The Hall–Kier alpha value is -2.90. The first kappa shape index (κ1) is 15.0. The van der Waals surface area contributed by atoms with E-state index >= 15 is 0 Å². The van der Waals surface area contributed by atoms with Crippen molar-refractivity contribution in [2.45, 2.75) is 24.2 Å². The molecule has 2 aromatic heterocycles. The van der Waals surface area contributed by atoms with E-state index in [1.807, 2.05) is 6.07 Å². The minimum Gasteiger partial charge on any atom is -0.450 e. The molecule has 0 bridgehead atoms. The van der Waals surface area contributed by atoms with Crippen molar-refractivity contribution in [3.63, 3.8) is 0 Å². The Morgan fingerprint density at radius 3 is 3.09 bits per heavy atom. The third kappa shape index (κ3) is 2.23. The lowest BCUT2D eigenvalue weighted by molar-refractivity contribution is -0.0717. The van der Waals surface area contributed by atoms with Crippen molar-refractivity contribution < 1.29 is 24.5 Å². The van der Waals surface area contributed by atoms with Crippen LogP contribution >= 0.6 is 0 Å². The van der Waals surface area contributed by atoms with Gasteiger partial charge in [0.2, 0.25) is 5.60 Å². The molecule has 4 N–H and O–H groups in total. The average Bonchev–Trinajstić information content (AvgIpc) is 3.10. The number of aromatic nitrogens is 3. The van der Waals surface area contributed by atoms with E-state index in [1.165, 1.54) is 10.8 Å². The van der Waals surface area contributed by atoms with Crippen molar-refractivity contribution in [1.82, 2.24) is 14.6 Å². The van der Waals surface area contributed by atoms with Crippen LogP contribution in [0.4, 0.5) is 10.6 Å². The second kappa shape index (κ2) is 5.38. The Balaban J connectivity index is 2.16. The molecule has 3 rings (SSSR count). The van der Waals surface area contributed by atoms with Crippen molar-refractivity contribution in [2.24, 2.45) is 0 Å². The number of hydrogen-bond acceptors (Lipinski definition) is 8. The third-order valence-electron chi connectivity index (χ3n) is 3.76. The van der Waals surface area contributed by atoms with Crippen LogP contribution in [0.15, 0.2) is 18.5 Å². The molecular weight excluding hydrogens is 306 g/mol. The van der Waals surface area contributed by atoms with Crippen molar-refractivity contribution in [1.29, 1.82) is 5.26 Å². The first-order chi connectivity index (χ1) is 11.0. The van der Waals surface area contributed by atoms with Gasteiger partial charge in [0.05, 0.1) is 18.4 Å². The van der Waals surface area contributed by atoms with Crippen LogP contribution in [0.2, 0.25) is 0 Å². The lowest BCUT2D eigenvalue weighted by Gasteiger charge is -2.26. The van der Waals surface area contributed by atoms with Gasteiger partial charge in [-0.3, -0.25) is 0 Å². The molecule has 120 valence electrons. The second-order valence-corrected chi connectivity index (χ2v) is 5.04. The fourth-order valence-electron chi connectivity index (χ4n) is 2.77. The summed E-state index contributed by atoms with van der Waals surface area (Å²) in [6.07, 6.45) is -2.13. The van der Waals surface area contributed by atoms with Gasteiger partial charge in [-0.1, -0.05) is 0 Å². The van der Waals surface area contributed by atoms with Gasteiger partial charge in [-0.2, -0.15) is 10.4 Å². The van der Waals surface area contributed by atoms with E-state index in [0.717, 1.165) is 0 Å². The van der Waals surface area contributed by atoms with E-state index in [-0.39, 0.29) is 24.5 Å². The number of nitrogen functional groups attached to an aromatic ring is 1. The van der Waals surface area contributed by atoms with Crippen LogP contribution in [-0.2, 0) is 15.1 Å². The van der Waals surface area contributed by atoms with E-state index in [1.54, 1.807) is 12.1 Å². The topological polar surface area (TPSA) is 156 Å². The van der Waals surface area contributed by atoms with Gasteiger partial charge in [-0.15, -0.1) is 0 Å². The predicted molar refractivity (Wildman–Crippen MR) is 74.2 cm³/mol. The number of nitrogens with zero attached hydrogens (tertiary/aromatic N) is 4. The Bertz CT molecular complexity index is 800. The fourth-order valence-corrected chi connectivity index (χ4v) is 2.77. The molecule has 3 atom stereocenters. The molecule has 0 radical (unpaired) electrons. The molecule has 23 heavy (non-hydrogen) atoms. The molecule has 1 aliphatic rings. The Kier molecular flexibility index (Phi) is 3.51. The van der Waals surface area contributed by atoms with Gasteiger partial charge in [-0.25, -0.2) is 14.3 Å². The molecule has 0 saturated carbocycles. The van der Waals surface area contributed by atoms with Gasteiger partial charge in [0, 0.05) is 6.42 Å². The maximum atomic E-state index is 10.9. The van der Waals surface area contributed by atoms with E-state index < -0.39 is 24.0 Å². The van der Waals surface area contributed by atoms with Gasteiger partial charge in [-0.05, 0) is 12.1 Å². The number of ether oxygens (including phenoxy) is 2. The third-order valence-corrected chi connectivity index (χ3v) is 3.76. The smallest absolute Gasteiger partial charge is 0.450 e. The molecule has 0 unspecified atom stereocenters. The van der Waals surface area contributed by atoms with Crippen LogP contribution in [0.3, 0.4) is 0 Å². The Morgan fingerprint density at radius 2 is 2.43 bits per heavy atom. The van der Waals surface area contributed by atoms with Gasteiger partial charge in [0.1, 0.15) is 17.9 Å². The van der Waals surface area contributed by atoms with Gasteiger partial charge in [0.25, 0.3) is 0 Å². The lowest BCUT2D eigenvalue weighted by atomic mass is 9.94. The molecule has 0 amide bonds. The molecule has 3 heterocycles. The summed E-state index contributed by atoms with van der Waals surface area (Å²) in [6, 6.07) is 5.11. The van der Waals surface area contributed by atoms with E-state index in [9.17, 15) is 15.2 Å². The number of aliphatic hydroxyl groups excluding tert-OH is 1. The minimum atomic E-state index is -1.74. The molecule has 0 aliphatic carbocycles. The van der Waals surface area contributed by atoms with Crippen molar-refractivity contribution >= 4 is 17.5 Å². The molecule has 10 heteroatoms. The summed E-state index contributed by atoms with van der Waals surface area (Å²) in [7, 11) is 0. The molecule has 0 aromatic carbocycles. The van der Waals surface area contributed by atoms with Gasteiger partial charge < -0.3 is 25.4 Å². The predicted octanol–water partition coefficient (Wildman–Crippen LogP) is -0.125. The maximum Gasteiger partial charge on any atom is 0.506 e. The zero-order valence-corrected chi connectivity index (χ0v) is 11.8. The number of nitriles is 1. The van der Waals surface area contributed by atoms with Gasteiger partial charge >= 0.3 is 6.16 Å². The zero-order valence-electron chi connectivity index (χ0n) is 11.8. The zero-order chi connectivity index (χ0) is 16.6. The Morgan fingerprint density at radius 1 is 1.65 bits per heavy atom. The van der Waals surface area contributed by atoms with Crippen molar-refractivity contribution in [2.75, 3.05) is 12.3 Å². The standard InChI is InChI=1S/C13H13N5O5/c14-5-13(10(22-12(20)21)3-7(4-19)23-13)9-2-1-8-11(15)16-6-17-18(8)9/h1-2,6-7,10,19H,3-4H2,(H,20,21)(H2,15,16,17)/t7-,10+,13-/m0/s1. The number of fused-ring (bicyclic) bond motifs is 1. The summed E-state index contributed by atoms with van der Waals surface area (Å²) in [5, 5.41) is 32.0. The quantitative estimate of drug-likeness (QED) is 0.656. The van der Waals surface area contributed by atoms with Crippen LogP contribution in [-0.4, -0.2) is 49.8 Å². The summed E-state index contributed by atoms with van der Waals surface area (Å²) < 4.78 is 11.8. The minimum absolute atomic E-state index is 0.0458. The number of hydrogen-bond donors (Lipinski definition) is 3. The van der Waals surface area contributed by atoms with Crippen molar-refractivity contribution in [3.8, 4) is 6.07 Å².